The summed E-state index contributed by atoms with van der Waals surface area (Å²) in [4.78, 5) is 50.2. The molecule has 7 nitrogen and oxygen atoms in total. The molecule has 30 heavy (non-hydrogen) atoms. The largest absolute Gasteiger partial charge is 0.422 e. The van der Waals surface area contributed by atoms with Crippen molar-refractivity contribution in [3.63, 3.8) is 0 Å². The Labute approximate surface area is 182 Å². The van der Waals surface area contributed by atoms with Crippen molar-refractivity contribution < 1.29 is 18.8 Å². The molecular weight excluding hydrogens is 472 g/mol. The van der Waals surface area contributed by atoms with Crippen LogP contribution in [0.2, 0.25) is 0 Å². The van der Waals surface area contributed by atoms with E-state index < -0.39 is 29.2 Å². The molecule has 1 aliphatic heterocycles. The van der Waals surface area contributed by atoms with E-state index in [9.17, 15) is 19.2 Å². The van der Waals surface area contributed by atoms with E-state index in [1.54, 1.807) is 54.6 Å². The molecule has 150 valence electrons. The Hall–Kier alpha value is -3.17. The first kappa shape index (κ1) is 20.1. The van der Waals surface area contributed by atoms with Crippen LogP contribution in [0.15, 0.2) is 73.2 Å². The summed E-state index contributed by atoms with van der Waals surface area (Å²) in [5.41, 5.74) is 0.504. The number of hydrogen-bond acceptors (Lipinski definition) is 6. The fraction of sp³-hybridized carbons (Fsp3) is 0.0476. The maximum Gasteiger partial charge on any atom is 0.343 e. The van der Waals surface area contributed by atoms with Gasteiger partial charge in [0.05, 0.1) is 10.5 Å². The minimum absolute atomic E-state index is 0.0547. The van der Waals surface area contributed by atoms with Crippen LogP contribution in [0.1, 0.15) is 5.56 Å². The van der Waals surface area contributed by atoms with E-state index in [4.69, 9.17) is 4.42 Å². The van der Waals surface area contributed by atoms with Crippen molar-refractivity contribution in [3.05, 3.63) is 80.0 Å². The Morgan fingerprint density at radius 2 is 1.83 bits per heavy atom. The zero-order valence-corrected chi connectivity index (χ0v) is 17.7. The molecule has 2 heterocycles. The maximum atomic E-state index is 12.6. The number of anilines is 1. The van der Waals surface area contributed by atoms with Crippen molar-refractivity contribution in [2.24, 2.45) is 0 Å². The third-order valence-electron chi connectivity index (χ3n) is 4.26. The van der Waals surface area contributed by atoms with Gasteiger partial charge in [0, 0.05) is 15.5 Å². The molecule has 1 saturated heterocycles. The Morgan fingerprint density at radius 3 is 2.60 bits per heavy atom. The van der Waals surface area contributed by atoms with E-state index in [-0.39, 0.29) is 10.5 Å². The van der Waals surface area contributed by atoms with Crippen LogP contribution in [0.4, 0.5) is 10.5 Å². The highest BCUT2D eigenvalue weighted by Crippen LogP contribution is 2.32. The molecular formula is C21H13BrN2O5S. The van der Waals surface area contributed by atoms with E-state index in [0.717, 1.165) is 9.37 Å². The fourth-order valence-electron chi connectivity index (χ4n) is 2.83. The molecule has 0 atom stereocenters. The second-order valence-electron chi connectivity index (χ2n) is 6.35. The van der Waals surface area contributed by atoms with Crippen LogP contribution in [-0.4, -0.2) is 28.5 Å². The van der Waals surface area contributed by atoms with Crippen molar-refractivity contribution >= 4 is 67.5 Å². The highest BCUT2D eigenvalue weighted by atomic mass is 79.9. The van der Waals surface area contributed by atoms with Gasteiger partial charge in [-0.1, -0.05) is 34.1 Å². The smallest absolute Gasteiger partial charge is 0.343 e. The second kappa shape index (κ2) is 8.29. The number of fused-ring (bicyclic) bond motifs is 1. The van der Waals surface area contributed by atoms with Gasteiger partial charge in [0.25, 0.3) is 11.1 Å². The fourth-order valence-corrected chi connectivity index (χ4v) is 3.93. The summed E-state index contributed by atoms with van der Waals surface area (Å²) >= 11 is 3.97. The average Bonchev–Trinajstić information content (AvgIpc) is 2.97. The van der Waals surface area contributed by atoms with E-state index in [2.05, 4.69) is 21.2 Å². The van der Waals surface area contributed by atoms with E-state index in [1.807, 2.05) is 0 Å². The van der Waals surface area contributed by atoms with E-state index in [1.165, 1.54) is 6.08 Å². The summed E-state index contributed by atoms with van der Waals surface area (Å²) in [5, 5.41) is 2.74. The van der Waals surface area contributed by atoms with Crippen molar-refractivity contribution in [1.29, 1.82) is 0 Å². The number of amides is 3. The minimum Gasteiger partial charge on any atom is -0.422 e. The Kier molecular flexibility index (Phi) is 5.56. The number of nitrogens with zero attached hydrogens (tertiary/aromatic N) is 1. The number of imide groups is 1. The van der Waals surface area contributed by atoms with E-state index in [0.29, 0.717) is 28.4 Å². The topological polar surface area (TPSA) is 96.7 Å². The summed E-state index contributed by atoms with van der Waals surface area (Å²) in [6.45, 7) is -0.426. The molecule has 4 rings (SSSR count). The molecule has 0 spiro atoms. The van der Waals surface area contributed by atoms with Gasteiger partial charge in [-0.15, -0.1) is 0 Å². The molecule has 1 N–H and O–H groups in total. The Morgan fingerprint density at radius 1 is 1.10 bits per heavy atom. The molecule has 1 aliphatic rings. The number of carbonyl (C=O) groups is 3. The monoisotopic (exact) mass is 484 g/mol. The molecule has 1 fully saturated rings. The number of halogens is 1. The number of carbonyl (C=O) groups excluding carboxylic acids is 3. The van der Waals surface area contributed by atoms with Gasteiger partial charge in [-0.25, -0.2) is 4.79 Å². The van der Waals surface area contributed by atoms with Gasteiger partial charge in [0.15, 0.2) is 0 Å². The van der Waals surface area contributed by atoms with Crippen LogP contribution in [0, 0.1) is 0 Å². The molecule has 1 aromatic heterocycles. The van der Waals surface area contributed by atoms with Crippen molar-refractivity contribution in [2.75, 3.05) is 11.9 Å². The molecule has 0 aliphatic carbocycles. The van der Waals surface area contributed by atoms with Gasteiger partial charge >= 0.3 is 5.63 Å². The predicted octanol–water partition coefficient (Wildman–Crippen LogP) is 4.23. The van der Waals surface area contributed by atoms with Gasteiger partial charge in [0.2, 0.25) is 5.91 Å². The molecule has 0 unspecified atom stereocenters. The number of para-hydroxylation sites is 1. The van der Waals surface area contributed by atoms with Crippen LogP contribution in [0.5, 0.6) is 0 Å². The first-order valence-corrected chi connectivity index (χ1v) is 10.4. The highest BCUT2D eigenvalue weighted by molar-refractivity contribution is 9.10. The number of thioether (sulfide) groups is 1. The number of hydrogen-bond donors (Lipinski definition) is 1. The zero-order valence-electron chi connectivity index (χ0n) is 15.3. The number of rotatable bonds is 4. The summed E-state index contributed by atoms with van der Waals surface area (Å²) in [6.07, 6.45) is 1.32. The molecule has 9 heteroatoms. The van der Waals surface area contributed by atoms with Crippen LogP contribution >= 0.6 is 27.7 Å². The molecule has 3 amide bonds. The van der Waals surface area contributed by atoms with Crippen molar-refractivity contribution in [2.45, 2.75) is 0 Å². The van der Waals surface area contributed by atoms with Crippen LogP contribution in [0.25, 0.3) is 17.0 Å². The number of nitrogens with one attached hydrogen (secondary N) is 1. The van der Waals surface area contributed by atoms with Gasteiger partial charge in [-0.2, -0.15) is 0 Å². The Balaban J connectivity index is 1.52. The van der Waals surface area contributed by atoms with E-state index >= 15 is 0 Å². The van der Waals surface area contributed by atoms with Crippen LogP contribution in [0.3, 0.4) is 0 Å². The lowest BCUT2D eigenvalue weighted by atomic mass is 10.2. The summed E-state index contributed by atoms with van der Waals surface area (Å²) in [6, 6.07) is 15.5. The average molecular weight is 485 g/mol. The van der Waals surface area contributed by atoms with Gasteiger partial charge in [0.1, 0.15) is 12.1 Å². The Bertz CT molecular complexity index is 1270. The standard InChI is InChI=1S/C21H13BrN2O5S/c22-14-5-7-15(8-6-14)23-18(25)11-24-19(26)17(30-21(24)28)10-13-9-12-3-1-2-4-16(12)29-20(13)27/h1-10H,11H2,(H,23,25)/b17-10+. The summed E-state index contributed by atoms with van der Waals surface area (Å²) in [5.74, 6) is -1.14. The van der Waals surface area contributed by atoms with Crippen molar-refractivity contribution in [3.8, 4) is 0 Å². The lowest BCUT2D eigenvalue weighted by Crippen LogP contribution is -2.36. The molecule has 0 saturated carbocycles. The quantitative estimate of drug-likeness (QED) is 0.439. The normalized spacial score (nSPS) is 15.2. The molecule has 3 aromatic rings. The third-order valence-corrected chi connectivity index (χ3v) is 5.69. The number of benzene rings is 2. The van der Waals surface area contributed by atoms with Crippen LogP contribution < -0.4 is 10.9 Å². The lowest BCUT2D eigenvalue weighted by Gasteiger charge is -2.12. The molecule has 0 radical (unpaired) electrons. The minimum atomic E-state index is -0.636. The second-order valence-corrected chi connectivity index (χ2v) is 8.26. The maximum absolute atomic E-state index is 12.6. The van der Waals surface area contributed by atoms with Gasteiger partial charge in [-0.3, -0.25) is 19.3 Å². The SMILES string of the molecule is O=C(CN1C(=O)S/C(=C/c2cc3ccccc3oc2=O)C1=O)Nc1ccc(Br)cc1. The summed E-state index contributed by atoms with van der Waals surface area (Å²) < 4.78 is 6.10. The van der Waals surface area contributed by atoms with Crippen molar-refractivity contribution in [1.82, 2.24) is 4.90 Å². The highest BCUT2D eigenvalue weighted by Gasteiger charge is 2.36. The van der Waals surface area contributed by atoms with Gasteiger partial charge in [-0.05, 0) is 54.2 Å². The van der Waals surface area contributed by atoms with Crippen LogP contribution in [-0.2, 0) is 9.59 Å². The lowest BCUT2D eigenvalue weighted by molar-refractivity contribution is -0.127. The molecule has 2 aromatic carbocycles. The first-order chi connectivity index (χ1) is 14.4. The zero-order chi connectivity index (χ0) is 21.3. The van der Waals surface area contributed by atoms with Gasteiger partial charge < -0.3 is 9.73 Å². The third kappa shape index (κ3) is 4.22. The predicted molar refractivity (Wildman–Crippen MR) is 118 cm³/mol. The molecule has 0 bridgehead atoms. The first-order valence-electron chi connectivity index (χ1n) is 8.74. The summed E-state index contributed by atoms with van der Waals surface area (Å²) in [7, 11) is 0.